The Kier molecular flexibility index (Phi) is 4.04. The molecular formula is C13H26O3. The van der Waals surface area contributed by atoms with Crippen molar-refractivity contribution < 1.29 is 14.2 Å². The Balaban J connectivity index is 2.82. The van der Waals surface area contributed by atoms with Crippen LogP contribution >= 0.6 is 0 Å². The van der Waals surface area contributed by atoms with Crippen LogP contribution in [0.1, 0.15) is 48.0 Å². The molecule has 0 aromatic rings. The zero-order chi connectivity index (χ0) is 12.6. The van der Waals surface area contributed by atoms with E-state index in [1.807, 2.05) is 13.8 Å². The van der Waals surface area contributed by atoms with E-state index in [-0.39, 0.29) is 29.5 Å². The average molecular weight is 230 g/mol. The van der Waals surface area contributed by atoms with E-state index < -0.39 is 0 Å². The highest BCUT2D eigenvalue weighted by molar-refractivity contribution is 4.99. The van der Waals surface area contributed by atoms with E-state index in [2.05, 4.69) is 27.7 Å². The first kappa shape index (κ1) is 13.9. The van der Waals surface area contributed by atoms with Crippen LogP contribution in [0.2, 0.25) is 0 Å². The molecule has 96 valence electrons. The Morgan fingerprint density at radius 2 is 1.81 bits per heavy atom. The molecule has 0 aliphatic carbocycles. The van der Waals surface area contributed by atoms with Crippen LogP contribution in [0.5, 0.6) is 0 Å². The SMILES string of the molecule is CO[C@]1(C)C[C@H](OC(C)C)O[C@@H](C)C1(C)C. The highest BCUT2D eigenvalue weighted by Crippen LogP contribution is 2.46. The maximum Gasteiger partial charge on any atom is 0.161 e. The van der Waals surface area contributed by atoms with E-state index in [0.717, 1.165) is 6.42 Å². The lowest BCUT2D eigenvalue weighted by molar-refractivity contribution is -0.294. The molecule has 0 aromatic heterocycles. The molecule has 1 fully saturated rings. The third-order valence-electron chi connectivity index (χ3n) is 4.17. The van der Waals surface area contributed by atoms with Crippen molar-refractivity contribution in [1.82, 2.24) is 0 Å². The van der Waals surface area contributed by atoms with Gasteiger partial charge in [-0.25, -0.2) is 0 Å². The van der Waals surface area contributed by atoms with Gasteiger partial charge in [-0.05, 0) is 27.7 Å². The molecule has 1 aliphatic heterocycles. The van der Waals surface area contributed by atoms with E-state index in [0.29, 0.717) is 0 Å². The lowest BCUT2D eigenvalue weighted by atomic mass is 9.68. The van der Waals surface area contributed by atoms with Crippen molar-refractivity contribution >= 4 is 0 Å². The summed E-state index contributed by atoms with van der Waals surface area (Å²) in [6.45, 7) is 12.7. The van der Waals surface area contributed by atoms with Crippen LogP contribution in [0.25, 0.3) is 0 Å². The van der Waals surface area contributed by atoms with Gasteiger partial charge in [-0.3, -0.25) is 0 Å². The first-order chi connectivity index (χ1) is 7.23. The Bertz CT molecular complexity index is 237. The zero-order valence-corrected chi connectivity index (χ0v) is 11.7. The molecule has 3 heteroatoms. The normalized spacial score (nSPS) is 39.0. The molecule has 0 spiro atoms. The van der Waals surface area contributed by atoms with Gasteiger partial charge >= 0.3 is 0 Å². The minimum atomic E-state index is -0.204. The van der Waals surface area contributed by atoms with Crippen LogP contribution in [-0.2, 0) is 14.2 Å². The number of rotatable bonds is 3. The first-order valence-corrected chi connectivity index (χ1v) is 6.09. The lowest BCUT2D eigenvalue weighted by Gasteiger charge is -2.52. The van der Waals surface area contributed by atoms with Gasteiger partial charge in [0.2, 0.25) is 0 Å². The summed E-state index contributed by atoms with van der Waals surface area (Å²) < 4.78 is 17.4. The maximum atomic E-state index is 5.91. The van der Waals surface area contributed by atoms with Gasteiger partial charge in [0.15, 0.2) is 6.29 Å². The van der Waals surface area contributed by atoms with Gasteiger partial charge in [0, 0.05) is 18.9 Å². The van der Waals surface area contributed by atoms with E-state index in [9.17, 15) is 0 Å². The number of hydrogen-bond donors (Lipinski definition) is 0. The summed E-state index contributed by atoms with van der Waals surface area (Å²) in [5.41, 5.74) is -0.219. The molecule has 0 bridgehead atoms. The van der Waals surface area contributed by atoms with Crippen LogP contribution in [0, 0.1) is 5.41 Å². The van der Waals surface area contributed by atoms with Crippen LogP contribution in [0.4, 0.5) is 0 Å². The van der Waals surface area contributed by atoms with Crippen molar-refractivity contribution in [3.8, 4) is 0 Å². The maximum absolute atomic E-state index is 5.91. The first-order valence-electron chi connectivity index (χ1n) is 6.09. The average Bonchev–Trinajstić information content (AvgIpc) is 2.14. The van der Waals surface area contributed by atoms with Crippen LogP contribution in [0.3, 0.4) is 0 Å². The molecule has 0 radical (unpaired) electrons. The fraction of sp³-hybridized carbons (Fsp3) is 1.00. The number of hydrogen-bond acceptors (Lipinski definition) is 3. The largest absolute Gasteiger partial charge is 0.378 e. The molecule has 0 amide bonds. The quantitative estimate of drug-likeness (QED) is 0.746. The van der Waals surface area contributed by atoms with E-state index >= 15 is 0 Å². The van der Waals surface area contributed by atoms with E-state index in [1.165, 1.54) is 0 Å². The third kappa shape index (κ3) is 2.41. The highest BCUT2D eigenvalue weighted by atomic mass is 16.7. The molecule has 16 heavy (non-hydrogen) atoms. The second-order valence-electron chi connectivity index (χ2n) is 5.75. The van der Waals surface area contributed by atoms with Gasteiger partial charge < -0.3 is 14.2 Å². The van der Waals surface area contributed by atoms with E-state index in [1.54, 1.807) is 7.11 Å². The van der Waals surface area contributed by atoms with Gasteiger partial charge in [0.1, 0.15) is 0 Å². The molecule has 1 saturated heterocycles. The van der Waals surface area contributed by atoms with Crippen LogP contribution in [-0.4, -0.2) is 31.2 Å². The molecule has 0 saturated carbocycles. The van der Waals surface area contributed by atoms with E-state index in [4.69, 9.17) is 14.2 Å². The van der Waals surface area contributed by atoms with Gasteiger partial charge in [-0.1, -0.05) is 13.8 Å². The van der Waals surface area contributed by atoms with Crippen molar-refractivity contribution in [3.05, 3.63) is 0 Å². The van der Waals surface area contributed by atoms with Gasteiger partial charge in [0.05, 0.1) is 17.8 Å². The lowest BCUT2D eigenvalue weighted by Crippen LogP contribution is -2.58. The summed E-state index contributed by atoms with van der Waals surface area (Å²) in [4.78, 5) is 0. The van der Waals surface area contributed by atoms with Crippen molar-refractivity contribution in [2.45, 2.75) is 72.1 Å². The topological polar surface area (TPSA) is 27.7 Å². The zero-order valence-electron chi connectivity index (χ0n) is 11.7. The molecule has 0 unspecified atom stereocenters. The number of methoxy groups -OCH3 is 1. The Labute approximate surface area is 99.5 Å². The number of ether oxygens (including phenoxy) is 3. The molecular weight excluding hydrogens is 204 g/mol. The molecule has 3 atom stereocenters. The molecule has 1 rings (SSSR count). The van der Waals surface area contributed by atoms with Crippen molar-refractivity contribution in [2.24, 2.45) is 5.41 Å². The molecule has 1 heterocycles. The highest BCUT2D eigenvalue weighted by Gasteiger charge is 2.51. The van der Waals surface area contributed by atoms with Crippen LogP contribution in [0.15, 0.2) is 0 Å². The summed E-state index contributed by atoms with van der Waals surface area (Å²) >= 11 is 0. The minimum absolute atomic E-state index is 0.0153. The molecule has 0 aromatic carbocycles. The minimum Gasteiger partial charge on any atom is -0.378 e. The predicted molar refractivity (Wildman–Crippen MR) is 64.4 cm³/mol. The monoisotopic (exact) mass is 230 g/mol. The summed E-state index contributed by atoms with van der Waals surface area (Å²) in [7, 11) is 1.77. The predicted octanol–water partition coefficient (Wildman–Crippen LogP) is 2.98. The Hall–Kier alpha value is -0.120. The second kappa shape index (κ2) is 4.63. The third-order valence-corrected chi connectivity index (χ3v) is 4.17. The summed E-state index contributed by atoms with van der Waals surface area (Å²) in [5, 5.41) is 0. The van der Waals surface area contributed by atoms with Crippen molar-refractivity contribution in [3.63, 3.8) is 0 Å². The van der Waals surface area contributed by atoms with Gasteiger partial charge in [0.25, 0.3) is 0 Å². The Morgan fingerprint density at radius 3 is 2.25 bits per heavy atom. The van der Waals surface area contributed by atoms with Gasteiger partial charge in [-0.15, -0.1) is 0 Å². The smallest absolute Gasteiger partial charge is 0.161 e. The fourth-order valence-electron chi connectivity index (χ4n) is 2.19. The van der Waals surface area contributed by atoms with Gasteiger partial charge in [-0.2, -0.15) is 0 Å². The van der Waals surface area contributed by atoms with Crippen LogP contribution < -0.4 is 0 Å². The summed E-state index contributed by atoms with van der Waals surface area (Å²) in [6.07, 6.45) is 0.918. The Morgan fingerprint density at radius 1 is 1.25 bits per heavy atom. The second-order valence-corrected chi connectivity index (χ2v) is 5.75. The summed E-state index contributed by atoms with van der Waals surface area (Å²) in [5.74, 6) is 0. The van der Waals surface area contributed by atoms with Crippen molar-refractivity contribution in [1.29, 1.82) is 0 Å². The summed E-state index contributed by atoms with van der Waals surface area (Å²) in [6, 6.07) is 0. The van der Waals surface area contributed by atoms with Crippen molar-refractivity contribution in [2.75, 3.05) is 7.11 Å². The molecule has 1 aliphatic rings. The fourth-order valence-corrected chi connectivity index (χ4v) is 2.19. The standard InChI is InChI=1S/C13H26O3/c1-9(2)15-11-8-13(6,14-7)12(4,5)10(3)16-11/h9-11H,8H2,1-7H3/t10-,11+,13+/m0/s1. The molecule has 0 N–H and O–H groups in total. The molecule has 3 nitrogen and oxygen atoms in total.